The molecule has 1 N–H and O–H groups in total. The molecule has 1 fully saturated rings. The van der Waals surface area contributed by atoms with Crippen LogP contribution >= 0.6 is 11.3 Å². The molecule has 2 aromatic carbocycles. The topological polar surface area (TPSA) is 113 Å². The lowest BCUT2D eigenvalue weighted by molar-refractivity contribution is -0.141. The Morgan fingerprint density at radius 2 is 1.90 bits per heavy atom. The third-order valence-corrected chi connectivity index (χ3v) is 9.39. The fraction of sp³-hybridized carbons (Fsp3) is 0.296. The molecule has 9 nitrogen and oxygen atoms in total. The molecule has 2 atom stereocenters. The van der Waals surface area contributed by atoms with Crippen molar-refractivity contribution in [2.75, 3.05) is 19.7 Å². The van der Waals surface area contributed by atoms with Crippen LogP contribution in [0, 0.1) is 5.82 Å². The molecule has 12 heteroatoms. The summed E-state index contributed by atoms with van der Waals surface area (Å²) in [5.74, 6) is -2.50. The first-order chi connectivity index (χ1) is 18.8. The summed E-state index contributed by atoms with van der Waals surface area (Å²) in [5, 5.41) is 4.63. The zero-order valence-corrected chi connectivity index (χ0v) is 22.4. The highest BCUT2D eigenvalue weighted by Gasteiger charge is 2.43. The van der Waals surface area contributed by atoms with Crippen molar-refractivity contribution < 1.29 is 31.9 Å². The minimum atomic E-state index is -4.25. The molecule has 0 unspecified atom stereocenters. The van der Waals surface area contributed by atoms with Crippen molar-refractivity contribution in [1.29, 1.82) is 0 Å². The molecule has 1 saturated heterocycles. The highest BCUT2D eigenvalue weighted by atomic mass is 32.2. The van der Waals surface area contributed by atoms with Gasteiger partial charge in [-0.15, -0.1) is 11.3 Å². The summed E-state index contributed by atoms with van der Waals surface area (Å²) < 4.78 is 46.0. The Kier molecular flexibility index (Phi) is 7.78. The van der Waals surface area contributed by atoms with Crippen LogP contribution in [0.25, 0.3) is 0 Å². The smallest absolute Gasteiger partial charge is 0.269 e. The average molecular weight is 572 g/mol. The molecule has 0 bridgehead atoms. The van der Waals surface area contributed by atoms with Crippen LogP contribution in [0.4, 0.5) is 4.39 Å². The first-order valence-electron chi connectivity index (χ1n) is 12.4. The summed E-state index contributed by atoms with van der Waals surface area (Å²) in [7, 11) is -4.25. The number of rotatable bonds is 9. The Morgan fingerprint density at radius 1 is 1.13 bits per heavy atom. The molecule has 2 aliphatic rings. The lowest BCUT2D eigenvalue weighted by atomic mass is 10.1. The second-order valence-electron chi connectivity index (χ2n) is 9.26. The Hall–Kier alpha value is -3.61. The van der Waals surface area contributed by atoms with Crippen molar-refractivity contribution in [3.05, 3.63) is 87.9 Å². The van der Waals surface area contributed by atoms with E-state index < -0.39 is 46.1 Å². The number of hydrogen-bond acceptors (Lipinski definition) is 7. The van der Waals surface area contributed by atoms with Crippen molar-refractivity contribution in [2.24, 2.45) is 0 Å². The van der Waals surface area contributed by atoms with E-state index in [-0.39, 0.29) is 29.7 Å². The number of nitrogens with zero attached hydrogens (tertiary/aromatic N) is 2. The minimum Gasteiger partial charge on any atom is -0.376 e. The predicted octanol–water partition coefficient (Wildman–Crippen LogP) is 3.10. The van der Waals surface area contributed by atoms with Crippen LogP contribution in [0.15, 0.2) is 70.9 Å². The highest BCUT2D eigenvalue weighted by Crippen LogP contribution is 2.32. The first-order valence-corrected chi connectivity index (χ1v) is 14.7. The molecule has 204 valence electrons. The molecule has 0 radical (unpaired) electrons. The average Bonchev–Trinajstić information content (AvgIpc) is 3.68. The van der Waals surface area contributed by atoms with Gasteiger partial charge in [-0.05, 0) is 54.1 Å². The van der Waals surface area contributed by atoms with E-state index in [1.807, 2.05) is 0 Å². The summed E-state index contributed by atoms with van der Waals surface area (Å²) in [6.45, 7) is -0.0413. The van der Waals surface area contributed by atoms with Crippen molar-refractivity contribution in [3.63, 3.8) is 0 Å². The normalized spacial score (nSPS) is 18.5. The van der Waals surface area contributed by atoms with Gasteiger partial charge in [-0.25, -0.2) is 17.1 Å². The summed E-state index contributed by atoms with van der Waals surface area (Å²) in [5.41, 5.74) is 0.511. The Bertz CT molecular complexity index is 1470. The third kappa shape index (κ3) is 5.58. The van der Waals surface area contributed by atoms with Crippen LogP contribution < -0.4 is 5.32 Å². The summed E-state index contributed by atoms with van der Waals surface area (Å²) >= 11 is 1.26. The number of carbonyl (C=O) groups excluding carboxylic acids is 3. The van der Waals surface area contributed by atoms with E-state index >= 15 is 0 Å². The zero-order chi connectivity index (χ0) is 27.6. The fourth-order valence-electron chi connectivity index (χ4n) is 4.70. The maximum atomic E-state index is 13.8. The van der Waals surface area contributed by atoms with Gasteiger partial charge in [0.2, 0.25) is 11.8 Å². The van der Waals surface area contributed by atoms with Crippen molar-refractivity contribution in [3.8, 4) is 0 Å². The second-order valence-corrected chi connectivity index (χ2v) is 12.1. The van der Waals surface area contributed by atoms with Crippen LogP contribution in [-0.2, 0) is 30.9 Å². The molecule has 0 aliphatic carbocycles. The second kappa shape index (κ2) is 11.2. The van der Waals surface area contributed by atoms with E-state index in [2.05, 4.69) is 5.32 Å². The van der Waals surface area contributed by atoms with Crippen molar-refractivity contribution in [2.45, 2.75) is 36.4 Å². The van der Waals surface area contributed by atoms with E-state index in [9.17, 15) is 27.2 Å². The molecule has 5 rings (SSSR count). The van der Waals surface area contributed by atoms with E-state index in [0.717, 1.165) is 12.8 Å². The van der Waals surface area contributed by atoms with Gasteiger partial charge in [0.1, 0.15) is 23.3 Å². The molecule has 1 aromatic heterocycles. The number of hydrogen-bond donors (Lipinski definition) is 1. The minimum absolute atomic E-state index is 0.0144. The summed E-state index contributed by atoms with van der Waals surface area (Å²) in [4.78, 5) is 42.0. The van der Waals surface area contributed by atoms with E-state index in [1.165, 1.54) is 58.7 Å². The van der Waals surface area contributed by atoms with Gasteiger partial charge in [-0.2, -0.15) is 0 Å². The Balaban J connectivity index is 1.47. The van der Waals surface area contributed by atoms with Gasteiger partial charge < -0.3 is 15.0 Å². The maximum absolute atomic E-state index is 13.8. The molecule has 2 aliphatic heterocycles. The SMILES string of the molecule is O=C(NC[C@H]1CCCO1)[C@H](c1cccs1)N(Cc1ccc(F)cc1)C(=O)CN1C(=O)c2ccccc2S1(=O)=O. The largest absolute Gasteiger partial charge is 0.376 e. The molecule has 3 amide bonds. The van der Waals surface area contributed by atoms with Crippen molar-refractivity contribution >= 4 is 39.1 Å². The molecular weight excluding hydrogens is 545 g/mol. The summed E-state index contributed by atoms with van der Waals surface area (Å²) in [6.07, 6.45) is 1.56. The van der Waals surface area contributed by atoms with Crippen molar-refractivity contribution in [1.82, 2.24) is 14.5 Å². The number of halogens is 1. The van der Waals surface area contributed by atoms with Gasteiger partial charge in [-0.3, -0.25) is 14.4 Å². The molecule has 3 aromatic rings. The first kappa shape index (κ1) is 27.0. The number of nitrogens with one attached hydrogen (secondary N) is 1. The monoisotopic (exact) mass is 571 g/mol. The Labute approximate surface area is 229 Å². The number of benzene rings is 2. The number of fused-ring (bicyclic) bond motifs is 1. The molecule has 0 saturated carbocycles. The highest BCUT2D eigenvalue weighted by molar-refractivity contribution is 7.90. The number of sulfonamides is 1. The van der Waals surface area contributed by atoms with E-state index in [4.69, 9.17) is 4.74 Å². The van der Waals surface area contributed by atoms with Gasteiger partial charge in [0.15, 0.2) is 0 Å². The maximum Gasteiger partial charge on any atom is 0.269 e. The number of carbonyl (C=O) groups is 3. The number of thiophene rings is 1. The Morgan fingerprint density at radius 3 is 2.56 bits per heavy atom. The molecule has 39 heavy (non-hydrogen) atoms. The lowest BCUT2D eigenvalue weighted by Crippen LogP contribution is -2.48. The van der Waals surface area contributed by atoms with Crippen LogP contribution in [-0.4, -0.2) is 61.1 Å². The summed E-state index contributed by atoms with van der Waals surface area (Å²) in [6, 6.07) is 13.5. The van der Waals surface area contributed by atoms with Crippen LogP contribution in [0.3, 0.4) is 0 Å². The number of amides is 3. The van der Waals surface area contributed by atoms with Gasteiger partial charge in [0.25, 0.3) is 15.9 Å². The van der Waals surface area contributed by atoms with Gasteiger partial charge in [0.05, 0.1) is 11.7 Å². The van der Waals surface area contributed by atoms with E-state index in [1.54, 1.807) is 23.6 Å². The van der Waals surface area contributed by atoms with Crippen LogP contribution in [0.1, 0.15) is 39.7 Å². The standard InChI is InChI=1S/C27H26FN3O6S2/c28-19-11-9-18(10-12-19)16-30(24(32)17-31-27(34)21-6-1-2-8-23(21)39(31,35)36)25(22-7-4-14-38-22)26(33)29-15-20-5-3-13-37-20/h1-2,4,6-12,14,20,25H,3,5,13,15-17H2,(H,29,33)/t20-,25+/m1/s1. The number of ether oxygens (including phenoxy) is 1. The van der Waals surface area contributed by atoms with Crippen LogP contribution in [0.5, 0.6) is 0 Å². The van der Waals surface area contributed by atoms with Gasteiger partial charge in [0, 0.05) is 24.6 Å². The molecular formula is C27H26FN3O6S2. The third-order valence-electron chi connectivity index (χ3n) is 6.68. The van der Waals surface area contributed by atoms with Gasteiger partial charge >= 0.3 is 0 Å². The van der Waals surface area contributed by atoms with Gasteiger partial charge in [-0.1, -0.05) is 30.3 Å². The predicted molar refractivity (Wildman–Crippen MR) is 141 cm³/mol. The zero-order valence-electron chi connectivity index (χ0n) is 20.8. The molecule has 3 heterocycles. The quantitative estimate of drug-likeness (QED) is 0.423. The molecule has 0 spiro atoms. The fourth-order valence-corrected chi connectivity index (χ4v) is 7.05. The van der Waals surface area contributed by atoms with E-state index in [0.29, 0.717) is 21.4 Å². The van der Waals surface area contributed by atoms with Crippen LogP contribution in [0.2, 0.25) is 0 Å². The lowest BCUT2D eigenvalue weighted by Gasteiger charge is -2.32.